The van der Waals surface area contributed by atoms with Crippen LogP contribution in [0, 0.1) is 10.1 Å². The number of rotatable bonds is 7. The van der Waals surface area contributed by atoms with Crippen molar-refractivity contribution in [3.8, 4) is 0 Å². The molecule has 0 saturated carbocycles. The molecule has 0 spiro atoms. The minimum absolute atomic E-state index is 0.0633. The van der Waals surface area contributed by atoms with E-state index in [2.05, 4.69) is 10.6 Å². The Morgan fingerprint density at radius 1 is 1.40 bits per heavy atom. The van der Waals surface area contributed by atoms with E-state index >= 15 is 0 Å². The molecule has 1 amide bonds. The summed E-state index contributed by atoms with van der Waals surface area (Å²) in [6.07, 6.45) is 0.741. The average Bonchev–Trinajstić information content (AvgIpc) is 2.44. The Kier molecular flexibility index (Phi) is 6.11. The molecule has 1 aromatic carbocycles. The Hall–Kier alpha value is -1.95. The van der Waals surface area contributed by atoms with Gasteiger partial charge in [-0.25, -0.2) is 0 Å². The molecule has 0 fully saturated rings. The summed E-state index contributed by atoms with van der Waals surface area (Å²) in [5, 5.41) is 16.7. The maximum absolute atomic E-state index is 11.7. The predicted octanol–water partition coefficient (Wildman–Crippen LogP) is 2.16. The SMILES string of the molecule is CCNC(=O)C(C)NC(CC)c1cccc([N+](=O)[O-])c1. The summed E-state index contributed by atoms with van der Waals surface area (Å²) < 4.78 is 0. The fourth-order valence-corrected chi connectivity index (χ4v) is 2.01. The number of hydrogen-bond donors (Lipinski definition) is 2. The monoisotopic (exact) mass is 279 g/mol. The molecular weight excluding hydrogens is 258 g/mol. The number of nitro groups is 1. The molecule has 6 nitrogen and oxygen atoms in total. The molecule has 0 aliphatic rings. The zero-order valence-corrected chi connectivity index (χ0v) is 12.1. The highest BCUT2D eigenvalue weighted by atomic mass is 16.6. The Morgan fingerprint density at radius 3 is 2.65 bits per heavy atom. The highest BCUT2D eigenvalue weighted by Gasteiger charge is 2.19. The highest BCUT2D eigenvalue weighted by Crippen LogP contribution is 2.22. The predicted molar refractivity (Wildman–Crippen MR) is 77.4 cm³/mol. The first-order chi connectivity index (χ1) is 9.49. The number of carbonyl (C=O) groups is 1. The van der Waals surface area contributed by atoms with Crippen LogP contribution in [0.5, 0.6) is 0 Å². The van der Waals surface area contributed by atoms with Crippen molar-refractivity contribution < 1.29 is 9.72 Å². The van der Waals surface area contributed by atoms with Gasteiger partial charge in [0, 0.05) is 24.7 Å². The van der Waals surface area contributed by atoms with Gasteiger partial charge in [0.1, 0.15) is 0 Å². The zero-order chi connectivity index (χ0) is 15.1. The second-order valence-electron chi connectivity index (χ2n) is 4.60. The van der Waals surface area contributed by atoms with Crippen LogP contribution in [0.25, 0.3) is 0 Å². The van der Waals surface area contributed by atoms with E-state index in [1.807, 2.05) is 19.9 Å². The van der Waals surface area contributed by atoms with Crippen molar-refractivity contribution in [1.29, 1.82) is 0 Å². The van der Waals surface area contributed by atoms with Gasteiger partial charge in [0.2, 0.25) is 5.91 Å². The average molecular weight is 279 g/mol. The number of nitro benzene ring substituents is 1. The second-order valence-corrected chi connectivity index (χ2v) is 4.60. The molecule has 0 saturated heterocycles. The van der Waals surface area contributed by atoms with Gasteiger partial charge in [-0.1, -0.05) is 19.1 Å². The molecule has 0 heterocycles. The fraction of sp³-hybridized carbons (Fsp3) is 0.500. The van der Waals surface area contributed by atoms with E-state index in [-0.39, 0.29) is 23.7 Å². The van der Waals surface area contributed by atoms with Gasteiger partial charge in [-0.15, -0.1) is 0 Å². The maximum Gasteiger partial charge on any atom is 0.269 e. The molecule has 20 heavy (non-hydrogen) atoms. The number of nitrogens with one attached hydrogen (secondary N) is 2. The maximum atomic E-state index is 11.7. The van der Waals surface area contributed by atoms with Gasteiger partial charge in [-0.05, 0) is 25.8 Å². The lowest BCUT2D eigenvalue weighted by Crippen LogP contribution is -2.43. The van der Waals surface area contributed by atoms with Gasteiger partial charge >= 0.3 is 0 Å². The number of hydrogen-bond acceptors (Lipinski definition) is 4. The number of likely N-dealkylation sites (N-methyl/N-ethyl adjacent to an activating group) is 1. The first-order valence-corrected chi connectivity index (χ1v) is 6.77. The van der Waals surface area contributed by atoms with Crippen molar-refractivity contribution >= 4 is 11.6 Å². The van der Waals surface area contributed by atoms with E-state index in [0.29, 0.717) is 6.54 Å². The topological polar surface area (TPSA) is 84.3 Å². The Labute approximate surface area is 118 Å². The highest BCUT2D eigenvalue weighted by molar-refractivity contribution is 5.81. The van der Waals surface area contributed by atoms with E-state index in [1.54, 1.807) is 19.1 Å². The molecule has 2 N–H and O–H groups in total. The third-order valence-corrected chi connectivity index (χ3v) is 3.09. The van der Waals surface area contributed by atoms with Crippen LogP contribution in [0.4, 0.5) is 5.69 Å². The van der Waals surface area contributed by atoms with Gasteiger partial charge in [-0.3, -0.25) is 20.2 Å². The van der Waals surface area contributed by atoms with Crippen LogP contribution < -0.4 is 10.6 Å². The van der Waals surface area contributed by atoms with Crippen LogP contribution in [0.2, 0.25) is 0 Å². The molecule has 1 rings (SSSR count). The van der Waals surface area contributed by atoms with Crippen molar-refractivity contribution in [2.75, 3.05) is 6.54 Å². The molecular formula is C14H21N3O3. The Balaban J connectivity index is 2.83. The quantitative estimate of drug-likeness (QED) is 0.591. The normalized spacial score (nSPS) is 13.6. The van der Waals surface area contributed by atoms with E-state index < -0.39 is 4.92 Å². The fourth-order valence-electron chi connectivity index (χ4n) is 2.01. The van der Waals surface area contributed by atoms with E-state index in [1.165, 1.54) is 6.07 Å². The van der Waals surface area contributed by atoms with Gasteiger partial charge < -0.3 is 5.32 Å². The minimum atomic E-state index is -0.413. The third-order valence-electron chi connectivity index (χ3n) is 3.09. The molecule has 2 atom stereocenters. The molecule has 1 aromatic rings. The molecule has 0 aromatic heterocycles. The Bertz CT molecular complexity index is 476. The standard InChI is InChI=1S/C14H21N3O3/c1-4-13(16-10(3)14(18)15-5-2)11-7-6-8-12(9-11)17(19)20/h6-10,13,16H,4-5H2,1-3H3,(H,15,18). The lowest BCUT2D eigenvalue weighted by Gasteiger charge is -2.22. The van der Waals surface area contributed by atoms with Crippen LogP contribution in [0.1, 0.15) is 38.8 Å². The lowest BCUT2D eigenvalue weighted by atomic mass is 10.0. The van der Waals surface area contributed by atoms with Crippen molar-refractivity contribution in [2.24, 2.45) is 0 Å². The summed E-state index contributed by atoms with van der Waals surface area (Å²) in [4.78, 5) is 22.1. The van der Waals surface area contributed by atoms with Crippen molar-refractivity contribution in [2.45, 2.75) is 39.3 Å². The van der Waals surface area contributed by atoms with Crippen LogP contribution >= 0.6 is 0 Å². The molecule has 2 unspecified atom stereocenters. The molecule has 0 aliphatic carbocycles. The molecule has 110 valence electrons. The largest absolute Gasteiger partial charge is 0.355 e. The zero-order valence-electron chi connectivity index (χ0n) is 12.1. The summed E-state index contributed by atoms with van der Waals surface area (Å²) in [6, 6.07) is 6.06. The van der Waals surface area contributed by atoms with Gasteiger partial charge in [0.25, 0.3) is 5.69 Å². The summed E-state index contributed by atoms with van der Waals surface area (Å²) in [7, 11) is 0. The van der Waals surface area contributed by atoms with Crippen molar-refractivity contribution in [1.82, 2.24) is 10.6 Å². The van der Waals surface area contributed by atoms with Crippen molar-refractivity contribution in [3.05, 3.63) is 39.9 Å². The van der Waals surface area contributed by atoms with E-state index in [4.69, 9.17) is 0 Å². The molecule has 0 aliphatic heterocycles. The van der Waals surface area contributed by atoms with Crippen LogP contribution in [0.3, 0.4) is 0 Å². The summed E-state index contributed by atoms with van der Waals surface area (Å²) >= 11 is 0. The molecule has 0 radical (unpaired) electrons. The summed E-state index contributed by atoms with van der Waals surface area (Å²) in [6.45, 7) is 6.20. The molecule has 0 bridgehead atoms. The summed E-state index contributed by atoms with van der Waals surface area (Å²) in [5.41, 5.74) is 0.881. The van der Waals surface area contributed by atoms with E-state index in [0.717, 1.165) is 12.0 Å². The lowest BCUT2D eigenvalue weighted by molar-refractivity contribution is -0.384. The van der Waals surface area contributed by atoms with Gasteiger partial charge in [0.15, 0.2) is 0 Å². The summed E-state index contributed by atoms with van der Waals surface area (Å²) in [5.74, 6) is -0.0728. The smallest absolute Gasteiger partial charge is 0.269 e. The minimum Gasteiger partial charge on any atom is -0.355 e. The van der Waals surface area contributed by atoms with Crippen LogP contribution in [-0.2, 0) is 4.79 Å². The van der Waals surface area contributed by atoms with Crippen molar-refractivity contribution in [3.63, 3.8) is 0 Å². The number of carbonyl (C=O) groups excluding carboxylic acids is 1. The number of non-ortho nitro benzene ring substituents is 1. The number of benzene rings is 1. The van der Waals surface area contributed by atoms with Crippen LogP contribution in [-0.4, -0.2) is 23.4 Å². The first-order valence-electron chi connectivity index (χ1n) is 6.77. The molecule has 6 heteroatoms. The van der Waals surface area contributed by atoms with Crippen LogP contribution in [0.15, 0.2) is 24.3 Å². The number of amides is 1. The first kappa shape index (κ1) is 16.1. The third kappa shape index (κ3) is 4.31. The van der Waals surface area contributed by atoms with E-state index in [9.17, 15) is 14.9 Å². The number of nitrogens with zero attached hydrogens (tertiary/aromatic N) is 1. The van der Waals surface area contributed by atoms with Gasteiger partial charge in [-0.2, -0.15) is 0 Å². The second kappa shape index (κ2) is 7.59. The Morgan fingerprint density at radius 2 is 2.10 bits per heavy atom. The van der Waals surface area contributed by atoms with Gasteiger partial charge in [0.05, 0.1) is 11.0 Å².